The van der Waals surface area contributed by atoms with Crippen LogP contribution in [-0.2, 0) is 10.0 Å². The zero-order chi connectivity index (χ0) is 16.6. The monoisotopic (exact) mass is 411 g/mol. The summed E-state index contributed by atoms with van der Waals surface area (Å²) in [4.78, 5) is 0.0665. The molecule has 4 nitrogen and oxygen atoms in total. The maximum atomic E-state index is 11.3. The molecule has 0 radical (unpaired) electrons. The first kappa shape index (κ1) is 16.3. The third kappa shape index (κ3) is 3.35. The number of hydrogen-bond donors (Lipinski definition) is 1. The predicted molar refractivity (Wildman–Crippen MR) is 93.7 cm³/mol. The first-order chi connectivity index (χ1) is 10.9. The Kier molecular flexibility index (Phi) is 4.33. The van der Waals surface area contributed by atoms with Crippen LogP contribution in [0.5, 0.6) is 0 Å². The van der Waals surface area contributed by atoms with E-state index < -0.39 is 10.0 Å². The minimum atomic E-state index is -3.71. The molecule has 0 saturated carbocycles. The van der Waals surface area contributed by atoms with Crippen molar-refractivity contribution >= 4 is 37.6 Å². The van der Waals surface area contributed by atoms with Crippen molar-refractivity contribution in [3.05, 3.63) is 64.5 Å². The van der Waals surface area contributed by atoms with Gasteiger partial charge in [-0.1, -0.05) is 35.9 Å². The van der Waals surface area contributed by atoms with Gasteiger partial charge in [-0.3, -0.25) is 0 Å². The van der Waals surface area contributed by atoms with E-state index in [4.69, 9.17) is 21.2 Å². The number of nitrogens with two attached hydrogens (primary N) is 1. The Labute approximate surface area is 147 Å². The van der Waals surface area contributed by atoms with E-state index in [0.717, 1.165) is 22.3 Å². The van der Waals surface area contributed by atoms with Crippen molar-refractivity contribution < 1.29 is 12.8 Å². The van der Waals surface area contributed by atoms with E-state index in [-0.39, 0.29) is 4.90 Å². The number of benzene rings is 2. The number of halogens is 2. The van der Waals surface area contributed by atoms with E-state index in [0.29, 0.717) is 9.69 Å². The lowest BCUT2D eigenvalue weighted by atomic mass is 9.99. The van der Waals surface area contributed by atoms with Crippen LogP contribution in [0.15, 0.2) is 68.8 Å². The molecule has 0 saturated heterocycles. The van der Waals surface area contributed by atoms with Gasteiger partial charge in [0.25, 0.3) is 0 Å². The summed E-state index contributed by atoms with van der Waals surface area (Å²) in [6.07, 6.45) is 1.61. The summed E-state index contributed by atoms with van der Waals surface area (Å²) in [6.45, 7) is 0. The highest BCUT2D eigenvalue weighted by Gasteiger charge is 2.16. The molecule has 0 atom stereocenters. The molecule has 0 bridgehead atoms. The smallest absolute Gasteiger partial charge is 0.238 e. The molecule has 118 valence electrons. The number of hydrogen-bond acceptors (Lipinski definition) is 3. The lowest BCUT2D eigenvalue weighted by Gasteiger charge is -2.06. The minimum absolute atomic E-state index is 0.0665. The highest BCUT2D eigenvalue weighted by molar-refractivity contribution is 9.10. The van der Waals surface area contributed by atoms with Gasteiger partial charge in [0, 0.05) is 16.1 Å². The third-order valence-electron chi connectivity index (χ3n) is 3.37. The van der Waals surface area contributed by atoms with E-state index >= 15 is 0 Å². The fourth-order valence-corrected chi connectivity index (χ4v) is 3.43. The molecule has 0 aliphatic rings. The largest absolute Gasteiger partial charge is 0.456 e. The number of primary sulfonamides is 1. The summed E-state index contributed by atoms with van der Waals surface area (Å²) in [6, 6.07) is 13.7. The first-order valence-corrected chi connectivity index (χ1v) is 9.24. The fraction of sp³-hybridized carbons (Fsp3) is 0. The van der Waals surface area contributed by atoms with Crippen molar-refractivity contribution in [2.75, 3.05) is 0 Å². The molecule has 0 aliphatic heterocycles. The van der Waals surface area contributed by atoms with Gasteiger partial charge in [-0.05, 0) is 51.3 Å². The molecule has 0 aliphatic carbocycles. The lowest BCUT2D eigenvalue weighted by Crippen LogP contribution is -2.11. The Bertz CT molecular complexity index is 948. The van der Waals surface area contributed by atoms with Crippen molar-refractivity contribution in [3.63, 3.8) is 0 Å². The molecule has 2 N–H and O–H groups in total. The summed E-state index contributed by atoms with van der Waals surface area (Å²) in [7, 11) is -3.71. The summed E-state index contributed by atoms with van der Waals surface area (Å²) in [5.74, 6) is 0. The summed E-state index contributed by atoms with van der Waals surface area (Å²) >= 11 is 9.33. The van der Waals surface area contributed by atoms with Crippen LogP contribution in [0.2, 0.25) is 5.02 Å². The average molecular weight is 413 g/mol. The average Bonchev–Trinajstić information content (AvgIpc) is 2.89. The number of sulfonamides is 1. The Morgan fingerprint density at radius 1 is 0.957 bits per heavy atom. The molecule has 3 rings (SSSR count). The summed E-state index contributed by atoms with van der Waals surface area (Å²) < 4.78 is 28.8. The summed E-state index contributed by atoms with van der Waals surface area (Å²) in [5, 5.41) is 5.76. The highest BCUT2D eigenvalue weighted by atomic mass is 79.9. The van der Waals surface area contributed by atoms with Crippen molar-refractivity contribution in [1.29, 1.82) is 0 Å². The van der Waals surface area contributed by atoms with E-state index in [1.807, 2.05) is 12.1 Å². The molecule has 7 heteroatoms. The summed E-state index contributed by atoms with van der Waals surface area (Å²) in [5.41, 5.74) is 3.45. The number of furan rings is 1. The molecular formula is C16H11BrClNO3S. The van der Waals surface area contributed by atoms with Crippen LogP contribution in [0, 0.1) is 0 Å². The van der Waals surface area contributed by atoms with E-state index in [1.165, 1.54) is 12.1 Å². The second-order valence-electron chi connectivity index (χ2n) is 4.87. The van der Waals surface area contributed by atoms with Gasteiger partial charge in [0.1, 0.15) is 6.26 Å². The number of rotatable bonds is 3. The molecular weight excluding hydrogens is 402 g/mol. The zero-order valence-electron chi connectivity index (χ0n) is 11.7. The second-order valence-corrected chi connectivity index (χ2v) is 7.59. The van der Waals surface area contributed by atoms with Crippen LogP contribution in [0.4, 0.5) is 0 Å². The molecule has 3 aromatic rings. The van der Waals surface area contributed by atoms with Crippen molar-refractivity contribution in [1.82, 2.24) is 0 Å². The van der Waals surface area contributed by atoms with Crippen molar-refractivity contribution in [2.45, 2.75) is 4.90 Å². The topological polar surface area (TPSA) is 73.3 Å². The maximum absolute atomic E-state index is 11.3. The predicted octanol–water partition coefficient (Wildman–Crippen LogP) is 4.68. The Morgan fingerprint density at radius 3 is 2.09 bits per heavy atom. The highest BCUT2D eigenvalue weighted by Crippen LogP contribution is 2.39. The lowest BCUT2D eigenvalue weighted by molar-refractivity contribution is 0.543. The van der Waals surface area contributed by atoms with Gasteiger partial charge < -0.3 is 4.42 Å². The van der Waals surface area contributed by atoms with Crippen molar-refractivity contribution in [3.8, 4) is 22.3 Å². The van der Waals surface area contributed by atoms with Gasteiger partial charge in [0.2, 0.25) is 10.0 Å². The molecule has 1 aromatic heterocycles. The van der Waals surface area contributed by atoms with Crippen LogP contribution in [-0.4, -0.2) is 8.42 Å². The quantitative estimate of drug-likeness (QED) is 0.679. The Morgan fingerprint density at radius 2 is 1.52 bits per heavy atom. The third-order valence-corrected chi connectivity index (χ3v) is 5.14. The molecule has 0 amide bonds. The van der Waals surface area contributed by atoms with Crippen LogP contribution < -0.4 is 5.14 Å². The van der Waals surface area contributed by atoms with E-state index in [1.54, 1.807) is 30.5 Å². The maximum Gasteiger partial charge on any atom is 0.238 e. The minimum Gasteiger partial charge on any atom is -0.456 e. The van der Waals surface area contributed by atoms with Gasteiger partial charge in [-0.15, -0.1) is 0 Å². The molecule has 2 aromatic carbocycles. The van der Waals surface area contributed by atoms with Gasteiger partial charge in [0.15, 0.2) is 4.67 Å². The van der Waals surface area contributed by atoms with Crippen LogP contribution in [0.3, 0.4) is 0 Å². The van der Waals surface area contributed by atoms with E-state index in [9.17, 15) is 8.42 Å². The molecule has 1 heterocycles. The molecule has 0 unspecified atom stereocenters. The second kappa shape index (κ2) is 6.13. The van der Waals surface area contributed by atoms with Gasteiger partial charge in [-0.2, -0.15) is 0 Å². The standard InChI is InChI=1S/C16H11BrClNO3S/c17-16-15(11-1-5-12(18)6-2-11)14(9-22-16)10-3-7-13(8-4-10)23(19,20)21/h1-9H,(H2,19,20,21). The molecule has 23 heavy (non-hydrogen) atoms. The Balaban J connectivity index is 2.10. The van der Waals surface area contributed by atoms with Crippen LogP contribution in [0.1, 0.15) is 0 Å². The van der Waals surface area contributed by atoms with Crippen LogP contribution >= 0.6 is 27.5 Å². The van der Waals surface area contributed by atoms with Gasteiger partial charge in [0.05, 0.1) is 4.90 Å². The van der Waals surface area contributed by atoms with E-state index in [2.05, 4.69) is 15.9 Å². The fourth-order valence-electron chi connectivity index (χ4n) is 2.26. The first-order valence-electron chi connectivity index (χ1n) is 6.52. The van der Waals surface area contributed by atoms with Gasteiger partial charge in [-0.25, -0.2) is 13.6 Å². The zero-order valence-corrected chi connectivity index (χ0v) is 14.8. The SMILES string of the molecule is NS(=O)(=O)c1ccc(-c2coc(Br)c2-c2ccc(Cl)cc2)cc1. The van der Waals surface area contributed by atoms with Gasteiger partial charge >= 0.3 is 0 Å². The normalized spacial score (nSPS) is 11.6. The molecule has 0 fully saturated rings. The van der Waals surface area contributed by atoms with Crippen molar-refractivity contribution in [2.24, 2.45) is 5.14 Å². The molecule has 0 spiro atoms. The van der Waals surface area contributed by atoms with Crippen LogP contribution in [0.25, 0.3) is 22.3 Å². The Hall–Kier alpha value is -1.60.